The lowest BCUT2D eigenvalue weighted by Crippen LogP contribution is -2.19. The van der Waals surface area contributed by atoms with Crippen LogP contribution in [0.25, 0.3) is 0 Å². The fourth-order valence-corrected chi connectivity index (χ4v) is 1.62. The van der Waals surface area contributed by atoms with Crippen LogP contribution in [-0.2, 0) is 4.74 Å². The van der Waals surface area contributed by atoms with Gasteiger partial charge in [-0.2, -0.15) is 0 Å². The number of hydrogen-bond donors (Lipinski definition) is 1. The highest BCUT2D eigenvalue weighted by atomic mass is 16.5. The van der Waals surface area contributed by atoms with Crippen LogP contribution in [0.3, 0.4) is 0 Å². The maximum atomic E-state index is 10.2. The molecule has 0 aliphatic carbocycles. The highest BCUT2D eigenvalue weighted by molar-refractivity contribution is 5.41. The minimum Gasteiger partial charge on any atom is -0.497 e. The van der Waals surface area contributed by atoms with Crippen molar-refractivity contribution in [3.8, 4) is 11.5 Å². The van der Waals surface area contributed by atoms with Gasteiger partial charge in [-0.1, -0.05) is 13.8 Å². The Balaban J connectivity index is 2.77. The number of benzene rings is 1. The summed E-state index contributed by atoms with van der Waals surface area (Å²) in [6, 6.07) is 5.35. The Hall–Kier alpha value is -1.26. The third kappa shape index (κ3) is 4.40. The molecule has 0 radical (unpaired) electrons. The largest absolute Gasteiger partial charge is 0.497 e. The molecular weight excluding hydrogens is 244 g/mol. The second-order valence-electron chi connectivity index (χ2n) is 4.91. The molecule has 0 aliphatic heterocycles. The van der Waals surface area contributed by atoms with Gasteiger partial charge in [0.2, 0.25) is 0 Å². The van der Waals surface area contributed by atoms with Crippen molar-refractivity contribution in [2.45, 2.75) is 33.0 Å². The van der Waals surface area contributed by atoms with Gasteiger partial charge in [-0.25, -0.2) is 0 Å². The molecule has 0 bridgehead atoms. The summed E-state index contributed by atoms with van der Waals surface area (Å²) in [5.41, 5.74) is 0.679. The SMILES string of the molecule is COc1ccc(OC)c(C(O)COC(C)C(C)C)c1. The summed E-state index contributed by atoms with van der Waals surface area (Å²) in [6.45, 7) is 6.41. The van der Waals surface area contributed by atoms with Crippen LogP contribution in [0.1, 0.15) is 32.4 Å². The average molecular weight is 268 g/mol. The van der Waals surface area contributed by atoms with Gasteiger partial charge in [-0.15, -0.1) is 0 Å². The van der Waals surface area contributed by atoms with Crippen molar-refractivity contribution in [1.82, 2.24) is 0 Å². The Bertz CT molecular complexity index is 390. The first-order valence-electron chi connectivity index (χ1n) is 6.51. The summed E-state index contributed by atoms with van der Waals surface area (Å²) < 4.78 is 16.1. The molecule has 0 aliphatic rings. The van der Waals surface area contributed by atoms with Crippen molar-refractivity contribution in [1.29, 1.82) is 0 Å². The molecule has 1 N–H and O–H groups in total. The molecule has 1 aromatic rings. The zero-order chi connectivity index (χ0) is 14.4. The molecule has 4 nitrogen and oxygen atoms in total. The van der Waals surface area contributed by atoms with E-state index >= 15 is 0 Å². The van der Waals surface area contributed by atoms with E-state index in [0.717, 1.165) is 0 Å². The first kappa shape index (κ1) is 15.8. The predicted octanol–water partition coefficient (Wildman–Crippen LogP) is 2.80. The smallest absolute Gasteiger partial charge is 0.125 e. The summed E-state index contributed by atoms with van der Waals surface area (Å²) in [6.07, 6.45) is -0.627. The Morgan fingerprint density at radius 1 is 1.11 bits per heavy atom. The Morgan fingerprint density at radius 2 is 1.79 bits per heavy atom. The molecule has 19 heavy (non-hydrogen) atoms. The van der Waals surface area contributed by atoms with E-state index in [2.05, 4.69) is 13.8 Å². The summed E-state index contributed by atoms with van der Waals surface area (Å²) in [7, 11) is 3.17. The van der Waals surface area contributed by atoms with Gasteiger partial charge in [0.05, 0.1) is 26.9 Å². The van der Waals surface area contributed by atoms with E-state index in [1.807, 2.05) is 6.92 Å². The molecule has 4 heteroatoms. The molecule has 0 spiro atoms. The molecule has 0 saturated heterocycles. The third-order valence-corrected chi connectivity index (χ3v) is 3.25. The quantitative estimate of drug-likeness (QED) is 0.826. The zero-order valence-corrected chi connectivity index (χ0v) is 12.3. The number of aliphatic hydroxyl groups is 1. The minimum absolute atomic E-state index is 0.103. The molecule has 2 atom stereocenters. The Morgan fingerprint density at radius 3 is 2.32 bits per heavy atom. The van der Waals surface area contributed by atoms with Gasteiger partial charge in [0, 0.05) is 5.56 Å². The maximum absolute atomic E-state index is 10.2. The standard InChI is InChI=1S/C15H24O4/c1-10(2)11(3)19-9-14(16)13-8-12(17-4)6-7-15(13)18-5/h6-8,10-11,14,16H,9H2,1-5H3. The van der Waals surface area contributed by atoms with Gasteiger partial charge in [-0.3, -0.25) is 0 Å². The molecular formula is C15H24O4. The van der Waals surface area contributed by atoms with Gasteiger partial charge in [0.1, 0.15) is 17.6 Å². The number of aliphatic hydroxyl groups excluding tert-OH is 1. The summed E-state index contributed by atoms with van der Waals surface area (Å²) in [4.78, 5) is 0. The predicted molar refractivity (Wildman–Crippen MR) is 74.8 cm³/mol. The number of ether oxygens (including phenoxy) is 3. The molecule has 1 aromatic carbocycles. The van der Waals surface area contributed by atoms with Gasteiger partial charge in [-0.05, 0) is 31.0 Å². The molecule has 0 aromatic heterocycles. The highest BCUT2D eigenvalue weighted by Gasteiger charge is 2.17. The van der Waals surface area contributed by atoms with E-state index in [1.165, 1.54) is 0 Å². The number of hydrogen-bond acceptors (Lipinski definition) is 4. The summed E-state index contributed by atoms with van der Waals surface area (Å²) >= 11 is 0. The van der Waals surface area contributed by atoms with Crippen LogP contribution in [0.5, 0.6) is 11.5 Å². The molecule has 0 heterocycles. The van der Waals surface area contributed by atoms with E-state index in [9.17, 15) is 5.11 Å². The monoisotopic (exact) mass is 268 g/mol. The average Bonchev–Trinajstić information content (AvgIpc) is 2.43. The van der Waals surface area contributed by atoms with Crippen molar-refractivity contribution in [3.63, 3.8) is 0 Å². The van der Waals surface area contributed by atoms with Gasteiger partial charge >= 0.3 is 0 Å². The topological polar surface area (TPSA) is 47.9 Å². The fourth-order valence-electron chi connectivity index (χ4n) is 1.62. The lowest BCUT2D eigenvalue weighted by Gasteiger charge is -2.20. The van der Waals surface area contributed by atoms with Crippen molar-refractivity contribution < 1.29 is 19.3 Å². The molecule has 0 fully saturated rings. The lowest BCUT2D eigenvalue weighted by molar-refractivity contribution is -0.0213. The van der Waals surface area contributed by atoms with Crippen LogP contribution in [-0.4, -0.2) is 32.0 Å². The van der Waals surface area contributed by atoms with Crippen molar-refractivity contribution >= 4 is 0 Å². The van der Waals surface area contributed by atoms with E-state index in [-0.39, 0.29) is 12.7 Å². The first-order chi connectivity index (χ1) is 8.99. The van der Waals surface area contributed by atoms with Crippen LogP contribution >= 0.6 is 0 Å². The first-order valence-corrected chi connectivity index (χ1v) is 6.51. The van der Waals surface area contributed by atoms with E-state index < -0.39 is 6.10 Å². The third-order valence-electron chi connectivity index (χ3n) is 3.25. The second kappa shape index (κ2) is 7.36. The Kier molecular flexibility index (Phi) is 6.12. The van der Waals surface area contributed by atoms with E-state index in [0.29, 0.717) is 23.0 Å². The van der Waals surface area contributed by atoms with Gasteiger partial charge in [0.25, 0.3) is 0 Å². The van der Waals surface area contributed by atoms with E-state index in [1.54, 1.807) is 32.4 Å². The van der Waals surface area contributed by atoms with Crippen LogP contribution in [0.4, 0.5) is 0 Å². The molecule has 2 unspecified atom stereocenters. The van der Waals surface area contributed by atoms with Gasteiger partial charge in [0.15, 0.2) is 0 Å². The molecule has 0 amide bonds. The van der Waals surface area contributed by atoms with Crippen molar-refractivity contribution in [3.05, 3.63) is 23.8 Å². The highest BCUT2D eigenvalue weighted by Crippen LogP contribution is 2.29. The zero-order valence-electron chi connectivity index (χ0n) is 12.3. The maximum Gasteiger partial charge on any atom is 0.125 e. The second-order valence-corrected chi connectivity index (χ2v) is 4.91. The number of rotatable bonds is 7. The van der Waals surface area contributed by atoms with Crippen LogP contribution < -0.4 is 9.47 Å². The van der Waals surface area contributed by atoms with Crippen molar-refractivity contribution in [2.24, 2.45) is 5.92 Å². The fraction of sp³-hybridized carbons (Fsp3) is 0.600. The Labute approximate surface area is 115 Å². The number of methoxy groups -OCH3 is 2. The van der Waals surface area contributed by atoms with Crippen LogP contribution in [0, 0.1) is 5.92 Å². The minimum atomic E-state index is -0.730. The van der Waals surface area contributed by atoms with E-state index in [4.69, 9.17) is 14.2 Å². The molecule has 0 saturated carbocycles. The van der Waals surface area contributed by atoms with Gasteiger partial charge < -0.3 is 19.3 Å². The van der Waals surface area contributed by atoms with Crippen LogP contribution in [0.2, 0.25) is 0 Å². The summed E-state index contributed by atoms with van der Waals surface area (Å²) in [5.74, 6) is 1.74. The summed E-state index contributed by atoms with van der Waals surface area (Å²) in [5, 5.41) is 10.2. The normalized spacial score (nSPS) is 14.3. The van der Waals surface area contributed by atoms with Crippen LogP contribution in [0.15, 0.2) is 18.2 Å². The molecule has 1 rings (SSSR count). The van der Waals surface area contributed by atoms with Crippen molar-refractivity contribution in [2.75, 3.05) is 20.8 Å². The lowest BCUT2D eigenvalue weighted by atomic mass is 10.1. The molecule has 108 valence electrons.